The zero-order valence-corrected chi connectivity index (χ0v) is 30.0. The molecule has 1 amide bonds. The minimum absolute atomic E-state index is 0.177. The summed E-state index contributed by atoms with van der Waals surface area (Å²) in [5, 5.41) is 0. The number of benzene rings is 3. The molecule has 12 heteroatoms. The van der Waals surface area contributed by atoms with Crippen LogP contribution in [0, 0.1) is 11.8 Å². The van der Waals surface area contributed by atoms with Gasteiger partial charge in [-0.1, -0.05) is 0 Å². The second-order valence-electron chi connectivity index (χ2n) is 11.5. The van der Waals surface area contributed by atoms with Crippen molar-refractivity contribution in [3.8, 4) is 17.2 Å². The van der Waals surface area contributed by atoms with Crippen molar-refractivity contribution in [1.82, 2.24) is 0 Å². The molecule has 1 fully saturated rings. The molecule has 5 rings (SSSR count). The van der Waals surface area contributed by atoms with Gasteiger partial charge in [0.25, 0.3) is 5.91 Å². The van der Waals surface area contributed by atoms with Crippen molar-refractivity contribution >= 4 is 68.6 Å². The number of anilines is 1. The first-order valence-electron chi connectivity index (χ1n) is 15.7. The van der Waals surface area contributed by atoms with Gasteiger partial charge in [-0.25, -0.2) is 4.79 Å². The maximum atomic E-state index is 13.2. The quantitative estimate of drug-likeness (QED) is 0.0652. The van der Waals surface area contributed by atoms with E-state index in [1.165, 1.54) is 36.5 Å². The predicted octanol–water partition coefficient (Wildman–Crippen LogP) is 7.80. The Morgan fingerprint density at radius 1 is 0.760 bits per heavy atom. The lowest BCUT2D eigenvalue weighted by molar-refractivity contribution is -0.145. The fraction of sp³-hybridized carbons (Fsp3) is 0.237. The molecule has 1 aliphatic carbocycles. The first kappa shape index (κ1) is 36.2. The number of carbonyl (C=O) groups is 5. The van der Waals surface area contributed by atoms with Gasteiger partial charge in [0.1, 0.15) is 17.2 Å². The summed E-state index contributed by atoms with van der Waals surface area (Å²) in [6.07, 6.45) is 4.84. The van der Waals surface area contributed by atoms with Gasteiger partial charge in [-0.2, -0.15) is 0 Å². The molecule has 10 nitrogen and oxygen atoms in total. The molecule has 0 unspecified atom stereocenters. The average molecular weight is 761 g/mol. The van der Waals surface area contributed by atoms with Crippen LogP contribution >= 0.6 is 27.3 Å². The van der Waals surface area contributed by atoms with E-state index >= 15 is 0 Å². The molecular weight excluding hydrogens is 726 g/mol. The number of amides is 1. The zero-order valence-electron chi connectivity index (χ0n) is 27.6. The van der Waals surface area contributed by atoms with Gasteiger partial charge in [-0.05, 0) is 133 Å². The summed E-state index contributed by atoms with van der Waals surface area (Å²) in [4.78, 5) is 65.5. The lowest BCUT2D eigenvalue weighted by Crippen LogP contribution is -2.30. The van der Waals surface area contributed by atoms with Gasteiger partial charge in [0.2, 0.25) is 0 Å². The Labute approximate surface area is 301 Å². The number of thiophene rings is 1. The SMILES string of the molecule is COC(=O)c1ccc(N(C)C(=O)c2ccc(OC(=O)C3CCC(C(=O)Oc4ccc(OC)cc4/C=C/C(=O)c4ccc(Br)s4)CC3)cc2)cc1. The molecule has 1 heterocycles. The maximum Gasteiger partial charge on any atom is 0.337 e. The van der Waals surface area contributed by atoms with Gasteiger partial charge < -0.3 is 23.8 Å². The summed E-state index contributed by atoms with van der Waals surface area (Å²) in [5.41, 5.74) is 1.88. The highest BCUT2D eigenvalue weighted by atomic mass is 79.9. The molecule has 1 aromatic heterocycles. The number of carbonyl (C=O) groups excluding carboxylic acids is 5. The van der Waals surface area contributed by atoms with E-state index in [2.05, 4.69) is 15.9 Å². The van der Waals surface area contributed by atoms with Gasteiger partial charge in [-0.3, -0.25) is 19.2 Å². The van der Waals surface area contributed by atoms with Crippen molar-refractivity contribution in [2.45, 2.75) is 25.7 Å². The Morgan fingerprint density at radius 2 is 1.36 bits per heavy atom. The smallest absolute Gasteiger partial charge is 0.337 e. The summed E-state index contributed by atoms with van der Waals surface area (Å²) in [7, 11) is 4.45. The normalized spacial score (nSPS) is 15.6. The molecule has 258 valence electrons. The van der Waals surface area contributed by atoms with Crippen LogP contribution in [0.4, 0.5) is 5.69 Å². The predicted molar refractivity (Wildman–Crippen MR) is 192 cm³/mol. The summed E-state index contributed by atoms with van der Waals surface area (Å²) in [6, 6.07) is 21.3. The topological polar surface area (TPSA) is 126 Å². The highest BCUT2D eigenvalue weighted by Gasteiger charge is 2.32. The van der Waals surface area contributed by atoms with Crippen LogP contribution in [0.3, 0.4) is 0 Å². The number of allylic oxidation sites excluding steroid dienone is 1. The van der Waals surface area contributed by atoms with Crippen molar-refractivity contribution in [3.63, 3.8) is 0 Å². The highest BCUT2D eigenvalue weighted by Crippen LogP contribution is 2.33. The average Bonchev–Trinajstić information content (AvgIpc) is 3.59. The first-order chi connectivity index (χ1) is 24.1. The van der Waals surface area contributed by atoms with Crippen LogP contribution in [0.5, 0.6) is 17.2 Å². The van der Waals surface area contributed by atoms with E-state index in [0.717, 1.165) is 3.79 Å². The zero-order chi connectivity index (χ0) is 35.8. The third-order valence-corrected chi connectivity index (χ3v) is 9.99. The van der Waals surface area contributed by atoms with Crippen LogP contribution in [0.25, 0.3) is 6.08 Å². The number of methoxy groups -OCH3 is 2. The number of rotatable bonds is 11. The summed E-state index contributed by atoms with van der Waals surface area (Å²) in [6.45, 7) is 0. The van der Waals surface area contributed by atoms with Crippen LogP contribution in [0.2, 0.25) is 0 Å². The minimum Gasteiger partial charge on any atom is -0.497 e. The molecule has 1 aliphatic rings. The number of hydrogen-bond donors (Lipinski definition) is 0. The Hall–Kier alpha value is -5.07. The summed E-state index contributed by atoms with van der Waals surface area (Å²) < 4.78 is 22.3. The molecule has 1 saturated carbocycles. The summed E-state index contributed by atoms with van der Waals surface area (Å²) >= 11 is 4.69. The monoisotopic (exact) mass is 759 g/mol. The molecule has 0 saturated heterocycles. The van der Waals surface area contributed by atoms with E-state index in [1.807, 2.05) is 0 Å². The second kappa shape index (κ2) is 16.6. The molecule has 4 aromatic rings. The third kappa shape index (κ3) is 8.93. The highest BCUT2D eigenvalue weighted by molar-refractivity contribution is 9.11. The van der Waals surface area contributed by atoms with Crippen molar-refractivity contribution in [2.75, 3.05) is 26.2 Å². The van der Waals surface area contributed by atoms with Crippen LogP contribution in [0.15, 0.2) is 88.7 Å². The molecule has 0 spiro atoms. The molecule has 0 aliphatic heterocycles. The lowest BCUT2D eigenvalue weighted by atomic mass is 9.82. The molecular formula is C38H34BrNO9S. The number of nitrogens with zero attached hydrogens (tertiary/aromatic N) is 1. The molecule has 0 N–H and O–H groups in total. The fourth-order valence-electron chi connectivity index (χ4n) is 5.44. The largest absolute Gasteiger partial charge is 0.497 e. The first-order valence-corrected chi connectivity index (χ1v) is 17.3. The van der Waals surface area contributed by atoms with Crippen molar-refractivity contribution < 1.29 is 42.9 Å². The van der Waals surface area contributed by atoms with Gasteiger partial charge in [0.15, 0.2) is 5.78 Å². The van der Waals surface area contributed by atoms with Gasteiger partial charge in [-0.15, -0.1) is 11.3 Å². The van der Waals surface area contributed by atoms with E-state index in [-0.39, 0.29) is 17.6 Å². The number of ketones is 1. The summed E-state index contributed by atoms with van der Waals surface area (Å²) in [5.74, 6) is -1.36. The standard InChI is InChI=1S/C38H34BrNO9S/c1-40(28-13-8-24(9-14-28)36(43)47-3)35(42)23-10-15-29(16-11-23)48-37(44)25-4-6-26(7-5-25)38(45)49-32-19-17-30(46-2)22-27(32)12-18-31(41)33-20-21-34(39)50-33/h8-22,25-26H,4-7H2,1-3H3/b18-12+. The Morgan fingerprint density at radius 3 is 1.94 bits per heavy atom. The third-order valence-electron chi connectivity index (χ3n) is 8.35. The van der Waals surface area contributed by atoms with Gasteiger partial charge in [0.05, 0.1) is 40.3 Å². The fourth-order valence-corrected chi connectivity index (χ4v) is 6.75. The Balaban J connectivity index is 1.13. The Kier molecular flexibility index (Phi) is 12.0. The second-order valence-corrected chi connectivity index (χ2v) is 14.0. The van der Waals surface area contributed by atoms with E-state index in [0.29, 0.717) is 70.2 Å². The van der Waals surface area contributed by atoms with Crippen molar-refractivity contribution in [3.05, 3.63) is 110 Å². The molecule has 3 aromatic carbocycles. The maximum absolute atomic E-state index is 13.2. The molecule has 0 radical (unpaired) electrons. The molecule has 0 atom stereocenters. The molecule has 50 heavy (non-hydrogen) atoms. The minimum atomic E-state index is -0.465. The van der Waals surface area contributed by atoms with E-state index in [4.69, 9.17) is 18.9 Å². The number of esters is 3. The van der Waals surface area contributed by atoms with Crippen molar-refractivity contribution in [1.29, 1.82) is 0 Å². The van der Waals surface area contributed by atoms with Crippen LogP contribution < -0.4 is 19.1 Å². The van der Waals surface area contributed by atoms with Crippen molar-refractivity contribution in [2.24, 2.45) is 11.8 Å². The Bertz CT molecular complexity index is 1910. The number of ether oxygens (including phenoxy) is 4. The number of hydrogen-bond acceptors (Lipinski definition) is 10. The van der Waals surface area contributed by atoms with E-state index in [9.17, 15) is 24.0 Å². The van der Waals surface area contributed by atoms with E-state index in [1.54, 1.807) is 92.0 Å². The molecule has 0 bridgehead atoms. The van der Waals surface area contributed by atoms with Crippen LogP contribution in [-0.2, 0) is 14.3 Å². The van der Waals surface area contributed by atoms with Crippen LogP contribution in [-0.4, -0.2) is 50.9 Å². The van der Waals surface area contributed by atoms with Crippen LogP contribution in [0.1, 0.15) is 61.6 Å². The lowest BCUT2D eigenvalue weighted by Gasteiger charge is -2.26. The van der Waals surface area contributed by atoms with E-state index < -0.39 is 23.8 Å². The van der Waals surface area contributed by atoms with Gasteiger partial charge in [0, 0.05) is 23.9 Å². The number of halogens is 1. The van der Waals surface area contributed by atoms with Gasteiger partial charge >= 0.3 is 17.9 Å².